The second-order valence-electron chi connectivity index (χ2n) is 8.62. The summed E-state index contributed by atoms with van der Waals surface area (Å²) < 4.78 is 38.6. The molecule has 0 radical (unpaired) electrons. The number of hydrogen-bond acceptors (Lipinski definition) is 6. The van der Waals surface area contributed by atoms with Crippen molar-refractivity contribution in [1.29, 1.82) is 0 Å². The Balaban J connectivity index is 1.33. The van der Waals surface area contributed by atoms with Gasteiger partial charge in [-0.15, -0.1) is 0 Å². The molecule has 3 aromatic rings. The van der Waals surface area contributed by atoms with E-state index in [-0.39, 0.29) is 23.4 Å². The van der Waals surface area contributed by atoms with Crippen LogP contribution in [0.25, 0.3) is 0 Å². The summed E-state index contributed by atoms with van der Waals surface area (Å²) in [6.07, 6.45) is 1.51. The molecule has 1 amide bonds. The second kappa shape index (κ2) is 10.4. The number of carbonyl (C=O) groups excluding carboxylic acids is 2. The molecule has 36 heavy (non-hydrogen) atoms. The van der Waals surface area contributed by atoms with E-state index in [0.29, 0.717) is 29.3 Å². The van der Waals surface area contributed by atoms with Crippen LogP contribution < -0.4 is 14.8 Å². The molecular formula is C27H28N2O6S. The highest BCUT2D eigenvalue weighted by Gasteiger charge is 2.52. The van der Waals surface area contributed by atoms with Crippen molar-refractivity contribution in [2.75, 3.05) is 23.3 Å². The molecule has 8 nitrogen and oxygen atoms in total. The maximum Gasteiger partial charge on any atom is 0.316 e. The molecular weight excluding hydrogens is 480 g/mol. The molecule has 0 aromatic heterocycles. The van der Waals surface area contributed by atoms with Gasteiger partial charge in [-0.3, -0.25) is 14.3 Å². The number of anilines is 2. The first-order valence-corrected chi connectivity index (χ1v) is 13.1. The van der Waals surface area contributed by atoms with Gasteiger partial charge < -0.3 is 14.8 Å². The standard InChI is InChI=1S/C27H28N2O6S/c1-3-34-26(31)27(15-16-27)20-9-11-21(12-10-20)28-25(30)18-35-24-14-13-23(17-19(24)2)36(32,33)29-22-7-5-4-6-8-22/h4-14,17,29H,3,15-16,18H2,1-2H3,(H,28,30). The molecule has 2 N–H and O–H groups in total. The Bertz CT molecular complexity index is 1350. The Kier molecular flexibility index (Phi) is 7.30. The van der Waals surface area contributed by atoms with Crippen LogP contribution in [0.15, 0.2) is 77.7 Å². The van der Waals surface area contributed by atoms with Crippen molar-refractivity contribution in [2.24, 2.45) is 0 Å². The van der Waals surface area contributed by atoms with E-state index in [9.17, 15) is 18.0 Å². The molecule has 0 bridgehead atoms. The number of carbonyl (C=O) groups is 2. The fourth-order valence-electron chi connectivity index (χ4n) is 3.89. The minimum absolute atomic E-state index is 0.0944. The van der Waals surface area contributed by atoms with Crippen molar-refractivity contribution in [2.45, 2.75) is 37.0 Å². The number of amides is 1. The fourth-order valence-corrected chi connectivity index (χ4v) is 5.03. The molecule has 0 unspecified atom stereocenters. The first kappa shape index (κ1) is 25.2. The quantitative estimate of drug-likeness (QED) is 0.393. The molecule has 0 atom stereocenters. The number of para-hydroxylation sites is 1. The Labute approximate surface area is 210 Å². The Morgan fingerprint density at radius 2 is 1.64 bits per heavy atom. The maximum absolute atomic E-state index is 12.7. The fraction of sp³-hybridized carbons (Fsp3) is 0.259. The van der Waals surface area contributed by atoms with Crippen LogP contribution in [-0.4, -0.2) is 33.5 Å². The third-order valence-corrected chi connectivity index (χ3v) is 7.36. The Hall–Kier alpha value is -3.85. The number of hydrogen-bond donors (Lipinski definition) is 2. The van der Waals surface area contributed by atoms with E-state index in [0.717, 1.165) is 18.4 Å². The lowest BCUT2D eigenvalue weighted by Crippen LogP contribution is -2.23. The summed E-state index contributed by atoms with van der Waals surface area (Å²) in [7, 11) is -3.76. The van der Waals surface area contributed by atoms with Crippen molar-refractivity contribution in [3.05, 3.63) is 83.9 Å². The average Bonchev–Trinajstić information content (AvgIpc) is 3.66. The predicted molar refractivity (Wildman–Crippen MR) is 137 cm³/mol. The second-order valence-corrected chi connectivity index (χ2v) is 10.3. The summed E-state index contributed by atoms with van der Waals surface area (Å²) in [5.41, 5.74) is 1.94. The van der Waals surface area contributed by atoms with Crippen molar-refractivity contribution in [3.8, 4) is 5.75 Å². The van der Waals surface area contributed by atoms with Gasteiger partial charge in [0.1, 0.15) is 5.75 Å². The topological polar surface area (TPSA) is 111 Å². The van der Waals surface area contributed by atoms with E-state index >= 15 is 0 Å². The first-order valence-electron chi connectivity index (χ1n) is 11.6. The van der Waals surface area contributed by atoms with Gasteiger partial charge >= 0.3 is 5.97 Å². The van der Waals surface area contributed by atoms with Crippen LogP contribution in [0, 0.1) is 6.92 Å². The summed E-state index contributed by atoms with van der Waals surface area (Å²) in [6, 6.07) is 20.2. The zero-order valence-corrected chi connectivity index (χ0v) is 20.9. The van der Waals surface area contributed by atoms with E-state index in [1.54, 1.807) is 56.3 Å². The molecule has 4 rings (SSSR count). The van der Waals surface area contributed by atoms with E-state index in [1.807, 2.05) is 12.1 Å². The smallest absolute Gasteiger partial charge is 0.316 e. The van der Waals surface area contributed by atoms with E-state index in [1.165, 1.54) is 18.2 Å². The van der Waals surface area contributed by atoms with E-state index < -0.39 is 15.4 Å². The third kappa shape index (κ3) is 5.68. The van der Waals surface area contributed by atoms with Crippen LogP contribution >= 0.6 is 0 Å². The van der Waals surface area contributed by atoms with Crippen LogP contribution in [0.4, 0.5) is 11.4 Å². The number of ether oxygens (including phenoxy) is 2. The number of rotatable bonds is 10. The summed E-state index contributed by atoms with van der Waals surface area (Å²) >= 11 is 0. The van der Waals surface area contributed by atoms with Crippen molar-refractivity contribution in [1.82, 2.24) is 0 Å². The van der Waals surface area contributed by atoms with Gasteiger partial charge in [-0.1, -0.05) is 30.3 Å². The molecule has 9 heteroatoms. The number of nitrogens with one attached hydrogen (secondary N) is 2. The highest BCUT2D eigenvalue weighted by molar-refractivity contribution is 7.92. The zero-order valence-electron chi connectivity index (χ0n) is 20.1. The molecule has 1 aliphatic carbocycles. The largest absolute Gasteiger partial charge is 0.483 e. The first-order chi connectivity index (χ1) is 17.2. The average molecular weight is 509 g/mol. The lowest BCUT2D eigenvalue weighted by Gasteiger charge is -2.15. The Morgan fingerprint density at radius 3 is 2.25 bits per heavy atom. The normalized spacial score (nSPS) is 13.9. The number of esters is 1. The Morgan fingerprint density at radius 1 is 0.944 bits per heavy atom. The molecule has 3 aromatic carbocycles. The van der Waals surface area contributed by atoms with Crippen LogP contribution in [-0.2, 0) is 29.8 Å². The molecule has 0 spiro atoms. The van der Waals surface area contributed by atoms with Crippen LogP contribution in [0.1, 0.15) is 30.9 Å². The number of aryl methyl sites for hydroxylation is 1. The number of benzene rings is 3. The number of sulfonamides is 1. The molecule has 188 valence electrons. The highest BCUT2D eigenvalue weighted by Crippen LogP contribution is 2.49. The van der Waals surface area contributed by atoms with Gasteiger partial charge in [0.2, 0.25) is 0 Å². The molecule has 1 saturated carbocycles. The van der Waals surface area contributed by atoms with Gasteiger partial charge in [0, 0.05) is 11.4 Å². The van der Waals surface area contributed by atoms with Gasteiger partial charge in [-0.2, -0.15) is 0 Å². The summed E-state index contributed by atoms with van der Waals surface area (Å²) in [5.74, 6) is -0.166. The lowest BCUT2D eigenvalue weighted by molar-refractivity contribution is -0.146. The van der Waals surface area contributed by atoms with Gasteiger partial charge in [-0.05, 0) is 80.3 Å². The van der Waals surface area contributed by atoms with E-state index in [4.69, 9.17) is 9.47 Å². The maximum atomic E-state index is 12.7. The van der Waals surface area contributed by atoms with Crippen molar-refractivity contribution >= 4 is 33.3 Å². The van der Waals surface area contributed by atoms with Crippen LogP contribution in [0.3, 0.4) is 0 Å². The molecule has 0 heterocycles. The molecule has 1 fully saturated rings. The monoisotopic (exact) mass is 508 g/mol. The summed E-state index contributed by atoms with van der Waals surface area (Å²) in [5, 5.41) is 2.76. The summed E-state index contributed by atoms with van der Waals surface area (Å²) in [6.45, 7) is 3.60. The molecule has 1 aliphatic rings. The zero-order chi connectivity index (χ0) is 25.8. The van der Waals surface area contributed by atoms with Gasteiger partial charge in [0.15, 0.2) is 6.61 Å². The summed E-state index contributed by atoms with van der Waals surface area (Å²) in [4.78, 5) is 24.7. The lowest BCUT2D eigenvalue weighted by atomic mass is 9.96. The van der Waals surface area contributed by atoms with Crippen molar-refractivity contribution in [3.63, 3.8) is 0 Å². The molecule has 0 aliphatic heterocycles. The SMILES string of the molecule is CCOC(=O)C1(c2ccc(NC(=O)COc3ccc(S(=O)(=O)Nc4ccccc4)cc3C)cc2)CC1. The minimum atomic E-state index is -3.76. The minimum Gasteiger partial charge on any atom is -0.483 e. The van der Waals surface area contributed by atoms with Crippen LogP contribution in [0.5, 0.6) is 5.75 Å². The highest BCUT2D eigenvalue weighted by atomic mass is 32.2. The third-order valence-electron chi connectivity index (χ3n) is 5.98. The predicted octanol–water partition coefficient (Wildman–Crippen LogP) is 4.41. The van der Waals surface area contributed by atoms with Gasteiger partial charge in [0.05, 0.1) is 16.9 Å². The van der Waals surface area contributed by atoms with Gasteiger partial charge in [0.25, 0.3) is 15.9 Å². The van der Waals surface area contributed by atoms with E-state index in [2.05, 4.69) is 10.0 Å². The van der Waals surface area contributed by atoms with Crippen LogP contribution in [0.2, 0.25) is 0 Å². The van der Waals surface area contributed by atoms with Gasteiger partial charge in [-0.25, -0.2) is 8.42 Å². The van der Waals surface area contributed by atoms with Crippen molar-refractivity contribution < 1.29 is 27.5 Å². The molecule has 0 saturated heterocycles.